The molecule has 2 heterocycles. The normalized spacial score (nSPS) is 23.6. The number of carbonyl (C=O) groups excluding carboxylic acids is 2. The highest BCUT2D eigenvalue weighted by Gasteiger charge is 2.42. The van der Waals surface area contributed by atoms with Gasteiger partial charge < -0.3 is 18.9 Å². The van der Waals surface area contributed by atoms with Crippen molar-refractivity contribution < 1.29 is 28.5 Å². The molecule has 0 spiro atoms. The number of hydrogen-bond donors (Lipinski definition) is 0. The van der Waals surface area contributed by atoms with E-state index in [1.807, 2.05) is 0 Å². The third kappa shape index (κ3) is 2.17. The minimum absolute atomic E-state index is 0.0396. The van der Waals surface area contributed by atoms with E-state index in [1.54, 1.807) is 25.1 Å². The Morgan fingerprint density at radius 1 is 1.35 bits per heavy atom. The summed E-state index contributed by atoms with van der Waals surface area (Å²) >= 11 is 0. The van der Waals surface area contributed by atoms with Crippen LogP contribution in [0.5, 0.6) is 11.5 Å². The van der Waals surface area contributed by atoms with Gasteiger partial charge in [0.15, 0.2) is 11.5 Å². The number of ether oxygens (including phenoxy) is 4. The number of esters is 2. The first-order valence-electron chi connectivity index (χ1n) is 6.44. The number of cyclic esters (lactones) is 1. The van der Waals surface area contributed by atoms with Crippen molar-refractivity contribution in [3.05, 3.63) is 23.8 Å². The summed E-state index contributed by atoms with van der Waals surface area (Å²) in [6.07, 6.45) is -0.589. The second-order valence-electron chi connectivity index (χ2n) is 4.59. The zero-order chi connectivity index (χ0) is 14.1. The van der Waals surface area contributed by atoms with Gasteiger partial charge in [-0.2, -0.15) is 0 Å². The molecular weight excluding hydrogens is 264 g/mol. The van der Waals surface area contributed by atoms with E-state index in [1.165, 1.54) is 0 Å². The number of rotatable bonds is 3. The van der Waals surface area contributed by atoms with Crippen molar-refractivity contribution >= 4 is 11.9 Å². The molecule has 2 aliphatic heterocycles. The number of benzene rings is 1. The quantitative estimate of drug-likeness (QED) is 0.782. The topological polar surface area (TPSA) is 71.1 Å². The lowest BCUT2D eigenvalue weighted by Gasteiger charge is -2.16. The highest BCUT2D eigenvalue weighted by atomic mass is 16.7. The van der Waals surface area contributed by atoms with Crippen LogP contribution in [0.15, 0.2) is 18.2 Å². The van der Waals surface area contributed by atoms with Gasteiger partial charge in [-0.25, -0.2) is 0 Å². The molecule has 1 saturated heterocycles. The van der Waals surface area contributed by atoms with Crippen LogP contribution in [-0.2, 0) is 19.1 Å². The number of fused-ring (bicyclic) bond motifs is 1. The van der Waals surface area contributed by atoms with E-state index in [2.05, 4.69) is 0 Å². The lowest BCUT2D eigenvalue weighted by atomic mass is 9.95. The summed E-state index contributed by atoms with van der Waals surface area (Å²) in [6, 6.07) is 5.24. The molecule has 1 aromatic rings. The van der Waals surface area contributed by atoms with Crippen molar-refractivity contribution in [1.29, 1.82) is 0 Å². The molecule has 0 bridgehead atoms. The van der Waals surface area contributed by atoms with Crippen molar-refractivity contribution in [2.75, 3.05) is 13.4 Å². The lowest BCUT2D eigenvalue weighted by Crippen LogP contribution is -2.21. The molecule has 1 aromatic carbocycles. The third-order valence-corrected chi connectivity index (χ3v) is 3.32. The minimum atomic E-state index is -0.629. The second-order valence-corrected chi connectivity index (χ2v) is 4.59. The molecule has 2 unspecified atom stereocenters. The van der Waals surface area contributed by atoms with E-state index in [0.717, 1.165) is 0 Å². The fourth-order valence-corrected chi connectivity index (χ4v) is 2.41. The van der Waals surface area contributed by atoms with E-state index in [9.17, 15) is 9.59 Å². The van der Waals surface area contributed by atoms with Crippen LogP contribution in [0.3, 0.4) is 0 Å². The van der Waals surface area contributed by atoms with Crippen LogP contribution in [0.1, 0.15) is 25.0 Å². The molecule has 0 radical (unpaired) electrons. The highest BCUT2D eigenvalue weighted by molar-refractivity contribution is 5.84. The molecule has 106 valence electrons. The third-order valence-electron chi connectivity index (χ3n) is 3.32. The zero-order valence-corrected chi connectivity index (χ0v) is 11.0. The van der Waals surface area contributed by atoms with Crippen molar-refractivity contribution in [3.63, 3.8) is 0 Å². The van der Waals surface area contributed by atoms with Crippen molar-refractivity contribution in [1.82, 2.24) is 0 Å². The van der Waals surface area contributed by atoms with Gasteiger partial charge in [0.05, 0.1) is 13.0 Å². The summed E-state index contributed by atoms with van der Waals surface area (Å²) in [5.41, 5.74) is 0.707. The molecule has 6 nitrogen and oxygen atoms in total. The minimum Gasteiger partial charge on any atom is -0.466 e. The van der Waals surface area contributed by atoms with E-state index in [4.69, 9.17) is 18.9 Å². The van der Waals surface area contributed by atoms with Crippen LogP contribution < -0.4 is 9.47 Å². The van der Waals surface area contributed by atoms with E-state index in [0.29, 0.717) is 17.1 Å². The Morgan fingerprint density at radius 3 is 2.95 bits per heavy atom. The summed E-state index contributed by atoms with van der Waals surface area (Å²) in [5, 5.41) is 0. The molecule has 0 aliphatic carbocycles. The smallest absolute Gasteiger partial charge is 0.313 e. The Balaban J connectivity index is 1.87. The van der Waals surface area contributed by atoms with E-state index >= 15 is 0 Å². The van der Waals surface area contributed by atoms with Gasteiger partial charge in [-0.05, 0) is 24.6 Å². The Kier molecular flexibility index (Phi) is 3.22. The Bertz CT molecular complexity index is 553. The summed E-state index contributed by atoms with van der Waals surface area (Å²) < 4.78 is 20.8. The largest absolute Gasteiger partial charge is 0.466 e. The molecule has 0 saturated carbocycles. The predicted octanol–water partition coefficient (Wildman–Crippen LogP) is 1.58. The van der Waals surface area contributed by atoms with Crippen molar-refractivity contribution in [2.45, 2.75) is 19.4 Å². The van der Waals surface area contributed by atoms with Crippen LogP contribution in [-0.4, -0.2) is 25.3 Å². The van der Waals surface area contributed by atoms with Gasteiger partial charge >= 0.3 is 11.9 Å². The average Bonchev–Trinajstić information content (AvgIpc) is 3.04. The van der Waals surface area contributed by atoms with Crippen molar-refractivity contribution in [2.24, 2.45) is 5.92 Å². The maximum atomic E-state index is 11.9. The predicted molar refractivity (Wildman–Crippen MR) is 66.1 cm³/mol. The fourth-order valence-electron chi connectivity index (χ4n) is 2.41. The monoisotopic (exact) mass is 278 g/mol. The van der Waals surface area contributed by atoms with Crippen LogP contribution >= 0.6 is 0 Å². The van der Waals surface area contributed by atoms with Crippen molar-refractivity contribution in [3.8, 4) is 11.5 Å². The first kappa shape index (κ1) is 12.8. The molecule has 1 fully saturated rings. The molecule has 2 aliphatic rings. The van der Waals surface area contributed by atoms with Gasteiger partial charge in [0.2, 0.25) is 6.79 Å². The maximum absolute atomic E-state index is 11.9. The van der Waals surface area contributed by atoms with E-state index < -0.39 is 24.0 Å². The number of hydrogen-bond acceptors (Lipinski definition) is 6. The van der Waals surface area contributed by atoms with Gasteiger partial charge in [0.25, 0.3) is 0 Å². The van der Waals surface area contributed by atoms with Crippen LogP contribution in [0.25, 0.3) is 0 Å². The molecule has 6 heteroatoms. The summed E-state index contributed by atoms with van der Waals surface area (Å²) in [7, 11) is 0. The molecule has 2 atom stereocenters. The highest BCUT2D eigenvalue weighted by Crippen LogP contribution is 2.40. The van der Waals surface area contributed by atoms with Gasteiger partial charge in [0, 0.05) is 0 Å². The number of carbonyl (C=O) groups is 2. The van der Waals surface area contributed by atoms with Crippen LogP contribution in [0.4, 0.5) is 0 Å². The van der Waals surface area contributed by atoms with E-state index in [-0.39, 0.29) is 19.8 Å². The molecular formula is C14H14O6. The SMILES string of the molecule is CCOC(=O)C1CC(=O)OC1c1ccc2c(c1)OCO2. The fraction of sp³-hybridized carbons (Fsp3) is 0.429. The van der Waals surface area contributed by atoms with Crippen LogP contribution in [0.2, 0.25) is 0 Å². The summed E-state index contributed by atoms with van der Waals surface area (Å²) in [5.74, 6) is -0.187. The summed E-state index contributed by atoms with van der Waals surface area (Å²) in [6.45, 7) is 2.17. The second kappa shape index (κ2) is 5.03. The molecule has 0 amide bonds. The molecule has 3 rings (SSSR count). The Hall–Kier alpha value is -2.24. The standard InChI is InChI=1S/C14H14O6/c1-2-17-14(16)9-6-12(15)20-13(9)8-3-4-10-11(5-8)19-7-18-10/h3-5,9,13H,2,6-7H2,1H3. The molecule has 0 N–H and O–H groups in total. The zero-order valence-electron chi connectivity index (χ0n) is 11.0. The molecule has 20 heavy (non-hydrogen) atoms. The lowest BCUT2D eigenvalue weighted by molar-refractivity contribution is -0.150. The first-order chi connectivity index (χ1) is 9.69. The van der Waals surface area contributed by atoms with Crippen LogP contribution in [0, 0.1) is 5.92 Å². The Labute approximate surface area is 115 Å². The molecule has 0 aromatic heterocycles. The summed E-state index contributed by atoms with van der Waals surface area (Å²) in [4.78, 5) is 23.4. The van der Waals surface area contributed by atoms with Gasteiger partial charge in [-0.1, -0.05) is 6.07 Å². The van der Waals surface area contributed by atoms with Gasteiger partial charge in [-0.15, -0.1) is 0 Å². The van der Waals surface area contributed by atoms with Gasteiger partial charge in [0.1, 0.15) is 12.0 Å². The van der Waals surface area contributed by atoms with Gasteiger partial charge in [-0.3, -0.25) is 9.59 Å². The first-order valence-corrected chi connectivity index (χ1v) is 6.44. The Morgan fingerprint density at radius 2 is 2.15 bits per heavy atom. The average molecular weight is 278 g/mol. The maximum Gasteiger partial charge on any atom is 0.313 e.